The fourth-order valence-electron chi connectivity index (χ4n) is 2.61. The third kappa shape index (κ3) is 1.87. The number of piperidine rings is 1. The van der Waals surface area contributed by atoms with Crippen molar-refractivity contribution in [3.05, 3.63) is 23.6 Å². The molecule has 2 N–H and O–H groups in total. The Morgan fingerprint density at radius 1 is 1.32 bits per heavy atom. The molecular formula is C11H10F3N3O2. The van der Waals surface area contributed by atoms with Gasteiger partial charge in [-0.1, -0.05) is 0 Å². The van der Waals surface area contributed by atoms with Gasteiger partial charge in [0, 0.05) is 24.9 Å². The van der Waals surface area contributed by atoms with Gasteiger partial charge in [-0.3, -0.25) is 0 Å². The van der Waals surface area contributed by atoms with Gasteiger partial charge in [0.05, 0.1) is 6.20 Å². The van der Waals surface area contributed by atoms with Crippen LogP contribution in [0.2, 0.25) is 0 Å². The molecule has 2 unspecified atom stereocenters. The van der Waals surface area contributed by atoms with Gasteiger partial charge in [0.15, 0.2) is 17.5 Å². The number of nitrogens with two attached hydrogens (primary N) is 1. The van der Waals surface area contributed by atoms with Crippen molar-refractivity contribution in [1.29, 1.82) is 0 Å². The van der Waals surface area contributed by atoms with Gasteiger partial charge in [-0.25, -0.2) is 18.6 Å². The Morgan fingerprint density at radius 2 is 1.95 bits per heavy atom. The molecule has 19 heavy (non-hydrogen) atoms. The van der Waals surface area contributed by atoms with Gasteiger partial charge in [-0.2, -0.15) is 4.39 Å². The fraction of sp³-hybridized carbons (Fsp3) is 0.455. The molecule has 2 fully saturated rings. The zero-order chi connectivity index (χ0) is 13.7. The Kier molecular flexibility index (Phi) is 2.54. The van der Waals surface area contributed by atoms with Crippen molar-refractivity contribution in [3.63, 3.8) is 0 Å². The van der Waals surface area contributed by atoms with E-state index in [0.29, 0.717) is 19.3 Å². The number of hydrogen-bond donors (Lipinski definition) is 1. The van der Waals surface area contributed by atoms with E-state index in [-0.39, 0.29) is 23.8 Å². The molecule has 5 nitrogen and oxygen atoms in total. The Labute approximate surface area is 106 Å². The summed E-state index contributed by atoms with van der Waals surface area (Å²) in [6.45, 7) is 0.745. The summed E-state index contributed by atoms with van der Waals surface area (Å²) in [6.07, 6.45) is -0.458. The average molecular weight is 273 g/mol. The second kappa shape index (κ2) is 4.01. The molecule has 2 heterocycles. The number of aromatic nitrogens is 1. The number of nitrogens with zero attached hydrogens (tertiary/aromatic N) is 2. The minimum absolute atomic E-state index is 0.0433. The lowest BCUT2D eigenvalue weighted by Gasteiger charge is -2.21. The van der Waals surface area contributed by atoms with Crippen molar-refractivity contribution in [2.45, 2.75) is 6.10 Å². The molecule has 8 heteroatoms. The lowest BCUT2D eigenvalue weighted by molar-refractivity contribution is 0.137. The lowest BCUT2D eigenvalue weighted by Crippen LogP contribution is -2.29. The van der Waals surface area contributed by atoms with Gasteiger partial charge in [0.1, 0.15) is 6.10 Å². The monoisotopic (exact) mass is 273 g/mol. The van der Waals surface area contributed by atoms with Gasteiger partial charge in [-0.15, -0.1) is 0 Å². The van der Waals surface area contributed by atoms with Crippen LogP contribution in [0.15, 0.2) is 6.20 Å². The Bertz CT molecular complexity index is 542. The Morgan fingerprint density at radius 3 is 2.53 bits per heavy atom. The van der Waals surface area contributed by atoms with E-state index in [2.05, 4.69) is 4.98 Å². The second-order valence-corrected chi connectivity index (χ2v) is 4.69. The molecule has 1 aliphatic carbocycles. The van der Waals surface area contributed by atoms with Crippen molar-refractivity contribution >= 4 is 11.9 Å². The van der Waals surface area contributed by atoms with Crippen LogP contribution in [0.3, 0.4) is 0 Å². The molecular weight excluding hydrogens is 263 g/mol. The zero-order valence-electron chi connectivity index (χ0n) is 9.65. The van der Waals surface area contributed by atoms with Gasteiger partial charge < -0.3 is 15.4 Å². The third-order valence-electron chi connectivity index (χ3n) is 3.57. The SMILES string of the molecule is NC(=O)OC1C2CN(c3ncc(F)c(F)c3F)CC21. The van der Waals surface area contributed by atoms with E-state index in [1.54, 1.807) is 0 Å². The van der Waals surface area contributed by atoms with E-state index in [1.807, 2.05) is 0 Å². The summed E-state index contributed by atoms with van der Waals surface area (Å²) in [5.41, 5.74) is 4.90. The zero-order valence-corrected chi connectivity index (χ0v) is 9.65. The van der Waals surface area contributed by atoms with E-state index in [1.165, 1.54) is 4.90 Å². The maximum atomic E-state index is 13.5. The number of halogens is 3. The first-order valence-electron chi connectivity index (χ1n) is 5.69. The summed E-state index contributed by atoms with van der Waals surface area (Å²) in [6, 6.07) is 0. The van der Waals surface area contributed by atoms with Gasteiger partial charge in [0.2, 0.25) is 5.82 Å². The van der Waals surface area contributed by atoms with E-state index < -0.39 is 23.5 Å². The average Bonchev–Trinajstić information content (AvgIpc) is 2.81. The molecule has 0 bridgehead atoms. The number of fused-ring (bicyclic) bond motifs is 1. The van der Waals surface area contributed by atoms with Gasteiger partial charge in [0.25, 0.3) is 0 Å². The van der Waals surface area contributed by atoms with Crippen LogP contribution < -0.4 is 10.6 Å². The highest BCUT2D eigenvalue weighted by atomic mass is 19.2. The van der Waals surface area contributed by atoms with E-state index in [9.17, 15) is 18.0 Å². The summed E-state index contributed by atoms with van der Waals surface area (Å²) < 4.78 is 44.3. The Hall–Kier alpha value is -1.99. The van der Waals surface area contributed by atoms with Crippen molar-refractivity contribution in [2.24, 2.45) is 17.6 Å². The summed E-state index contributed by atoms with van der Waals surface area (Å²) >= 11 is 0. The number of amides is 1. The predicted molar refractivity (Wildman–Crippen MR) is 57.8 cm³/mol. The first kappa shape index (κ1) is 12.1. The van der Waals surface area contributed by atoms with Gasteiger partial charge in [-0.05, 0) is 0 Å². The number of rotatable bonds is 2. The van der Waals surface area contributed by atoms with Gasteiger partial charge >= 0.3 is 6.09 Å². The standard InChI is InChI=1S/C11H10F3N3O2/c12-6-1-16-10(8(14)7(6)13)17-2-4-5(3-17)9(4)19-11(15)18/h1,4-5,9H,2-3H2,(H2,15,18). The minimum atomic E-state index is -1.53. The number of carbonyl (C=O) groups is 1. The number of ether oxygens (including phenoxy) is 1. The van der Waals surface area contributed by atoms with E-state index >= 15 is 0 Å². The van der Waals surface area contributed by atoms with Crippen LogP contribution in [0.25, 0.3) is 0 Å². The van der Waals surface area contributed by atoms with Crippen LogP contribution in [0, 0.1) is 29.3 Å². The van der Waals surface area contributed by atoms with Crippen LogP contribution in [-0.4, -0.2) is 30.3 Å². The number of hydrogen-bond acceptors (Lipinski definition) is 4. The first-order valence-corrected chi connectivity index (χ1v) is 5.69. The number of carbonyl (C=O) groups excluding carboxylic acids is 1. The Balaban J connectivity index is 1.72. The predicted octanol–water partition coefficient (Wildman–Crippen LogP) is 1.03. The van der Waals surface area contributed by atoms with Crippen molar-refractivity contribution in [2.75, 3.05) is 18.0 Å². The molecule has 0 spiro atoms. The molecule has 2 aliphatic rings. The molecule has 1 aromatic heterocycles. The van der Waals surface area contributed by atoms with Crippen molar-refractivity contribution < 1.29 is 22.7 Å². The maximum absolute atomic E-state index is 13.5. The molecule has 1 amide bonds. The largest absolute Gasteiger partial charge is 0.446 e. The molecule has 1 aromatic rings. The summed E-state index contributed by atoms with van der Waals surface area (Å²) in [7, 11) is 0. The molecule has 3 rings (SSSR count). The fourth-order valence-corrected chi connectivity index (χ4v) is 2.61. The minimum Gasteiger partial charge on any atom is -0.446 e. The van der Waals surface area contributed by atoms with Crippen LogP contribution in [0.1, 0.15) is 0 Å². The van der Waals surface area contributed by atoms with Crippen LogP contribution in [-0.2, 0) is 4.74 Å². The molecule has 1 aliphatic heterocycles. The molecule has 0 radical (unpaired) electrons. The maximum Gasteiger partial charge on any atom is 0.404 e. The molecule has 1 saturated heterocycles. The quantitative estimate of drug-likeness (QED) is 0.873. The number of anilines is 1. The van der Waals surface area contributed by atoms with E-state index in [4.69, 9.17) is 10.5 Å². The highest BCUT2D eigenvalue weighted by molar-refractivity contribution is 5.65. The normalized spacial score (nSPS) is 28.2. The molecule has 102 valence electrons. The van der Waals surface area contributed by atoms with E-state index in [0.717, 1.165) is 0 Å². The topological polar surface area (TPSA) is 68.5 Å². The highest BCUT2D eigenvalue weighted by Gasteiger charge is 2.59. The second-order valence-electron chi connectivity index (χ2n) is 4.69. The summed E-state index contributed by atoms with van der Waals surface area (Å²) in [5, 5.41) is 0. The smallest absolute Gasteiger partial charge is 0.404 e. The summed E-state index contributed by atoms with van der Waals surface area (Å²) in [5.74, 6) is -4.28. The lowest BCUT2D eigenvalue weighted by atomic mass is 10.3. The van der Waals surface area contributed by atoms with Crippen LogP contribution >= 0.6 is 0 Å². The molecule has 0 aromatic carbocycles. The molecule has 1 saturated carbocycles. The van der Waals surface area contributed by atoms with Crippen LogP contribution in [0.5, 0.6) is 0 Å². The van der Waals surface area contributed by atoms with Crippen LogP contribution in [0.4, 0.5) is 23.8 Å². The summed E-state index contributed by atoms with van der Waals surface area (Å²) in [4.78, 5) is 15.7. The number of pyridine rings is 1. The van der Waals surface area contributed by atoms with Crippen molar-refractivity contribution in [3.8, 4) is 0 Å². The number of primary amides is 1. The first-order chi connectivity index (χ1) is 8.99. The molecule has 2 atom stereocenters. The van der Waals surface area contributed by atoms with Crippen molar-refractivity contribution in [1.82, 2.24) is 4.98 Å². The third-order valence-corrected chi connectivity index (χ3v) is 3.57. The highest BCUT2D eigenvalue weighted by Crippen LogP contribution is 2.48.